The summed E-state index contributed by atoms with van der Waals surface area (Å²) >= 11 is 9.03. The van der Waals surface area contributed by atoms with Gasteiger partial charge >= 0.3 is 0 Å². The molecule has 28 heavy (non-hydrogen) atoms. The monoisotopic (exact) mass is 429 g/mol. The van der Waals surface area contributed by atoms with E-state index in [0.29, 0.717) is 21.0 Å². The minimum absolute atomic E-state index is 0.155. The fourth-order valence-electron chi connectivity index (χ4n) is 2.69. The molecule has 0 radical (unpaired) electrons. The number of aromatic nitrogens is 4. The van der Waals surface area contributed by atoms with Crippen molar-refractivity contribution in [3.8, 4) is 16.4 Å². The van der Waals surface area contributed by atoms with E-state index in [2.05, 4.69) is 20.4 Å². The summed E-state index contributed by atoms with van der Waals surface area (Å²) in [4.78, 5) is 21.4. The zero-order valence-electron chi connectivity index (χ0n) is 15.1. The molecular formula is C19H16ClN5OS2. The zero-order chi connectivity index (χ0) is 19.7. The molecule has 0 saturated carbocycles. The molecule has 0 bridgehead atoms. The molecule has 0 spiro atoms. The van der Waals surface area contributed by atoms with Crippen molar-refractivity contribution in [2.75, 3.05) is 5.32 Å². The van der Waals surface area contributed by atoms with E-state index in [4.69, 9.17) is 11.6 Å². The molecule has 0 aliphatic heterocycles. The van der Waals surface area contributed by atoms with E-state index in [-0.39, 0.29) is 12.3 Å². The van der Waals surface area contributed by atoms with Gasteiger partial charge in [0.25, 0.3) is 0 Å². The molecule has 6 nitrogen and oxygen atoms in total. The second-order valence-corrected chi connectivity index (χ2v) is 8.22. The molecule has 3 aromatic heterocycles. The first kappa shape index (κ1) is 18.8. The van der Waals surface area contributed by atoms with Crippen LogP contribution in [0.15, 0.2) is 41.1 Å². The van der Waals surface area contributed by atoms with Gasteiger partial charge in [0.15, 0.2) is 5.13 Å². The number of halogens is 1. The van der Waals surface area contributed by atoms with Crippen LogP contribution in [-0.2, 0) is 11.2 Å². The standard InChI is InChI=1S/C19H16ClN5OS2/c1-11-17(20)12(2)25(24-11)19-21-14(9-28-19)8-16(26)23-18-22-15(10-27-18)13-6-4-3-5-7-13/h3-7,9-10H,8H2,1-2H3,(H,22,23,26). The summed E-state index contributed by atoms with van der Waals surface area (Å²) in [7, 11) is 0. The Hall–Kier alpha value is -2.55. The van der Waals surface area contributed by atoms with Crippen LogP contribution >= 0.6 is 34.3 Å². The van der Waals surface area contributed by atoms with Gasteiger partial charge in [0.05, 0.1) is 34.2 Å². The predicted molar refractivity (Wildman–Crippen MR) is 114 cm³/mol. The van der Waals surface area contributed by atoms with Gasteiger partial charge in [-0.25, -0.2) is 14.6 Å². The Kier molecular flexibility index (Phi) is 5.25. The maximum Gasteiger partial charge on any atom is 0.232 e. The molecule has 0 saturated heterocycles. The van der Waals surface area contributed by atoms with E-state index < -0.39 is 0 Å². The quantitative estimate of drug-likeness (QED) is 0.489. The normalized spacial score (nSPS) is 11.0. The Labute approximate surface area is 174 Å². The molecule has 1 aromatic carbocycles. The van der Waals surface area contributed by atoms with Crippen molar-refractivity contribution >= 4 is 45.3 Å². The number of thiazole rings is 2. The maximum absolute atomic E-state index is 12.4. The molecular weight excluding hydrogens is 414 g/mol. The summed E-state index contributed by atoms with van der Waals surface area (Å²) in [6, 6.07) is 9.86. The van der Waals surface area contributed by atoms with Gasteiger partial charge in [0.2, 0.25) is 11.0 Å². The van der Waals surface area contributed by atoms with Crippen molar-refractivity contribution in [3.05, 3.63) is 63.2 Å². The first-order chi connectivity index (χ1) is 13.5. The second-order valence-electron chi connectivity index (χ2n) is 6.15. The third-order valence-electron chi connectivity index (χ3n) is 4.09. The number of carbonyl (C=O) groups is 1. The first-order valence-electron chi connectivity index (χ1n) is 8.48. The Morgan fingerprint density at radius 1 is 1.14 bits per heavy atom. The highest BCUT2D eigenvalue weighted by Crippen LogP contribution is 2.26. The molecule has 0 atom stereocenters. The van der Waals surface area contributed by atoms with Gasteiger partial charge < -0.3 is 5.32 Å². The maximum atomic E-state index is 12.4. The van der Waals surface area contributed by atoms with E-state index in [1.54, 1.807) is 4.68 Å². The van der Waals surface area contributed by atoms with Crippen LogP contribution in [0.25, 0.3) is 16.4 Å². The fraction of sp³-hybridized carbons (Fsp3) is 0.158. The molecule has 3 heterocycles. The third-order valence-corrected chi connectivity index (χ3v) is 6.26. The van der Waals surface area contributed by atoms with Crippen molar-refractivity contribution in [2.24, 2.45) is 0 Å². The van der Waals surface area contributed by atoms with Crippen LogP contribution in [0.3, 0.4) is 0 Å². The van der Waals surface area contributed by atoms with Crippen molar-refractivity contribution in [3.63, 3.8) is 0 Å². The number of aryl methyl sites for hydroxylation is 1. The Morgan fingerprint density at radius 3 is 2.64 bits per heavy atom. The summed E-state index contributed by atoms with van der Waals surface area (Å²) in [5.74, 6) is -0.155. The topological polar surface area (TPSA) is 72.7 Å². The van der Waals surface area contributed by atoms with E-state index in [1.807, 2.05) is 54.9 Å². The minimum Gasteiger partial charge on any atom is -0.302 e. The highest BCUT2D eigenvalue weighted by Gasteiger charge is 2.15. The average Bonchev–Trinajstić information content (AvgIpc) is 3.40. The van der Waals surface area contributed by atoms with Gasteiger partial charge in [-0.3, -0.25) is 4.79 Å². The minimum atomic E-state index is -0.155. The van der Waals surface area contributed by atoms with Crippen LogP contribution in [-0.4, -0.2) is 25.7 Å². The van der Waals surface area contributed by atoms with Crippen molar-refractivity contribution in [1.29, 1.82) is 0 Å². The summed E-state index contributed by atoms with van der Waals surface area (Å²) in [5.41, 5.74) is 4.14. The molecule has 0 unspecified atom stereocenters. The van der Waals surface area contributed by atoms with Gasteiger partial charge in [0.1, 0.15) is 0 Å². The number of carbonyl (C=O) groups excluding carboxylic acids is 1. The lowest BCUT2D eigenvalue weighted by molar-refractivity contribution is -0.115. The molecule has 142 valence electrons. The highest BCUT2D eigenvalue weighted by atomic mass is 35.5. The number of anilines is 1. The summed E-state index contributed by atoms with van der Waals surface area (Å²) in [6.07, 6.45) is 0.170. The molecule has 0 aliphatic rings. The van der Waals surface area contributed by atoms with Crippen molar-refractivity contribution in [2.45, 2.75) is 20.3 Å². The molecule has 4 rings (SSSR count). The number of hydrogen-bond acceptors (Lipinski definition) is 6. The van der Waals surface area contributed by atoms with E-state index in [1.165, 1.54) is 22.7 Å². The molecule has 1 N–H and O–H groups in total. The van der Waals surface area contributed by atoms with Gasteiger partial charge in [-0.1, -0.05) is 41.9 Å². The zero-order valence-corrected chi connectivity index (χ0v) is 17.5. The lowest BCUT2D eigenvalue weighted by Crippen LogP contribution is -2.14. The second kappa shape index (κ2) is 7.83. The van der Waals surface area contributed by atoms with E-state index in [0.717, 1.165) is 22.6 Å². The highest BCUT2D eigenvalue weighted by molar-refractivity contribution is 7.14. The largest absolute Gasteiger partial charge is 0.302 e. The number of rotatable bonds is 5. The molecule has 9 heteroatoms. The number of amides is 1. The molecule has 1 amide bonds. The van der Waals surface area contributed by atoms with Gasteiger partial charge in [-0.15, -0.1) is 22.7 Å². The molecule has 4 aromatic rings. The Bertz CT molecular complexity index is 1130. The summed E-state index contributed by atoms with van der Waals surface area (Å²) in [5, 5.41) is 12.9. The van der Waals surface area contributed by atoms with Crippen LogP contribution in [0.5, 0.6) is 0 Å². The van der Waals surface area contributed by atoms with Gasteiger partial charge in [0, 0.05) is 16.3 Å². The van der Waals surface area contributed by atoms with Crippen molar-refractivity contribution < 1.29 is 4.79 Å². The van der Waals surface area contributed by atoms with Gasteiger partial charge in [-0.05, 0) is 13.8 Å². The molecule has 0 fully saturated rings. The van der Waals surface area contributed by atoms with Crippen LogP contribution in [0.2, 0.25) is 5.02 Å². The predicted octanol–water partition coefficient (Wildman–Crippen LogP) is 4.90. The SMILES string of the molecule is Cc1nn(-c2nc(CC(=O)Nc3nc(-c4ccccc4)cs3)cs2)c(C)c1Cl. The lowest BCUT2D eigenvalue weighted by Gasteiger charge is -2.00. The third kappa shape index (κ3) is 3.84. The average molecular weight is 430 g/mol. The molecule has 0 aliphatic carbocycles. The van der Waals surface area contributed by atoms with Gasteiger partial charge in [-0.2, -0.15) is 5.10 Å². The van der Waals surface area contributed by atoms with Crippen LogP contribution in [0.1, 0.15) is 17.1 Å². The number of benzene rings is 1. The number of nitrogens with one attached hydrogen (secondary N) is 1. The Balaban J connectivity index is 1.43. The van der Waals surface area contributed by atoms with Crippen LogP contribution in [0, 0.1) is 13.8 Å². The van der Waals surface area contributed by atoms with Crippen molar-refractivity contribution in [1.82, 2.24) is 19.7 Å². The Morgan fingerprint density at radius 2 is 1.93 bits per heavy atom. The summed E-state index contributed by atoms with van der Waals surface area (Å²) < 4.78 is 1.71. The van der Waals surface area contributed by atoms with Crippen LogP contribution in [0.4, 0.5) is 5.13 Å². The first-order valence-corrected chi connectivity index (χ1v) is 10.6. The lowest BCUT2D eigenvalue weighted by atomic mass is 10.2. The summed E-state index contributed by atoms with van der Waals surface area (Å²) in [6.45, 7) is 3.74. The van der Waals surface area contributed by atoms with E-state index in [9.17, 15) is 4.79 Å². The fourth-order valence-corrected chi connectivity index (χ4v) is 4.36. The smallest absolute Gasteiger partial charge is 0.232 e. The van der Waals surface area contributed by atoms with E-state index >= 15 is 0 Å². The number of nitrogens with zero attached hydrogens (tertiary/aromatic N) is 4. The number of hydrogen-bond donors (Lipinski definition) is 1. The van der Waals surface area contributed by atoms with Crippen LogP contribution < -0.4 is 5.32 Å².